The lowest BCUT2D eigenvalue weighted by Gasteiger charge is -2.15. The molecule has 0 amide bonds. The number of benzene rings is 1. The van der Waals surface area contributed by atoms with Gasteiger partial charge in [0.1, 0.15) is 0 Å². The first-order valence-corrected chi connectivity index (χ1v) is 7.48. The fraction of sp³-hybridized carbons (Fsp3) is 0.353. The van der Waals surface area contributed by atoms with Crippen molar-refractivity contribution in [2.75, 3.05) is 0 Å². The minimum absolute atomic E-state index is 0.0272. The van der Waals surface area contributed by atoms with Crippen LogP contribution in [0.25, 0.3) is 11.3 Å². The van der Waals surface area contributed by atoms with Crippen molar-refractivity contribution >= 4 is 11.6 Å². The van der Waals surface area contributed by atoms with Crippen molar-refractivity contribution in [3.63, 3.8) is 0 Å². The zero-order valence-electron chi connectivity index (χ0n) is 12.2. The third-order valence-corrected chi connectivity index (χ3v) is 3.79. The molecule has 0 radical (unpaired) electrons. The lowest BCUT2D eigenvalue weighted by atomic mass is 10.0. The molecule has 0 aliphatic rings. The van der Waals surface area contributed by atoms with Crippen LogP contribution in [0.4, 0.5) is 0 Å². The number of aryl methyl sites for hydroxylation is 2. The first kappa shape index (κ1) is 14.9. The summed E-state index contributed by atoms with van der Waals surface area (Å²) in [5.74, 6) is 0.260. The Morgan fingerprint density at radius 3 is 2.50 bits per heavy atom. The standard InChI is InChI=1S/C17H20ClNO/c1-4-9-19-16(8-6-14(11-18)17(19)20)15-7-5-12(2)10-13(15)3/h5-8,10H,4,9,11H2,1-3H3. The van der Waals surface area contributed by atoms with E-state index < -0.39 is 0 Å². The number of hydrogen-bond acceptors (Lipinski definition) is 1. The highest BCUT2D eigenvalue weighted by molar-refractivity contribution is 6.17. The number of alkyl halides is 1. The molecule has 1 aromatic heterocycles. The number of nitrogens with zero attached hydrogens (tertiary/aromatic N) is 1. The van der Waals surface area contributed by atoms with Gasteiger partial charge in [-0.25, -0.2) is 0 Å². The van der Waals surface area contributed by atoms with Gasteiger partial charge in [0.05, 0.1) is 11.6 Å². The van der Waals surface area contributed by atoms with Crippen LogP contribution in [0, 0.1) is 13.8 Å². The van der Waals surface area contributed by atoms with Crippen molar-refractivity contribution in [3.05, 3.63) is 57.4 Å². The SMILES string of the molecule is CCCn1c(-c2ccc(C)cc2C)ccc(CCl)c1=O. The molecule has 0 fully saturated rings. The largest absolute Gasteiger partial charge is 0.308 e. The molecule has 0 atom stereocenters. The molecule has 0 N–H and O–H groups in total. The maximum Gasteiger partial charge on any atom is 0.255 e. The van der Waals surface area contributed by atoms with Gasteiger partial charge in [-0.3, -0.25) is 4.79 Å². The Hall–Kier alpha value is -1.54. The van der Waals surface area contributed by atoms with Crippen LogP contribution in [0.5, 0.6) is 0 Å². The number of halogens is 1. The summed E-state index contributed by atoms with van der Waals surface area (Å²) in [6, 6.07) is 10.2. The molecular weight excluding hydrogens is 270 g/mol. The molecule has 0 saturated carbocycles. The maximum absolute atomic E-state index is 12.4. The minimum atomic E-state index is 0.0272. The maximum atomic E-state index is 12.4. The molecule has 3 heteroatoms. The van der Waals surface area contributed by atoms with E-state index in [2.05, 4.69) is 39.0 Å². The molecule has 0 unspecified atom stereocenters. The Morgan fingerprint density at radius 1 is 1.15 bits per heavy atom. The Balaban J connectivity index is 2.67. The van der Waals surface area contributed by atoms with E-state index in [1.807, 2.05) is 16.7 Å². The normalized spacial score (nSPS) is 10.8. The van der Waals surface area contributed by atoms with E-state index in [1.165, 1.54) is 11.1 Å². The van der Waals surface area contributed by atoms with Gasteiger partial charge in [0.15, 0.2) is 0 Å². The molecule has 20 heavy (non-hydrogen) atoms. The molecule has 106 valence electrons. The second-order valence-corrected chi connectivity index (χ2v) is 5.42. The number of pyridine rings is 1. The third kappa shape index (κ3) is 2.80. The van der Waals surface area contributed by atoms with Crippen LogP contribution >= 0.6 is 11.6 Å². The van der Waals surface area contributed by atoms with Gasteiger partial charge in [-0.05, 0) is 31.9 Å². The fourth-order valence-corrected chi connectivity index (χ4v) is 2.71. The molecular formula is C17H20ClNO. The number of hydrogen-bond donors (Lipinski definition) is 0. The van der Waals surface area contributed by atoms with E-state index >= 15 is 0 Å². The summed E-state index contributed by atoms with van der Waals surface area (Å²) in [7, 11) is 0. The topological polar surface area (TPSA) is 22.0 Å². The van der Waals surface area contributed by atoms with Crippen molar-refractivity contribution < 1.29 is 0 Å². The Kier molecular flexibility index (Phi) is 4.66. The highest BCUT2D eigenvalue weighted by atomic mass is 35.5. The average Bonchev–Trinajstić information content (AvgIpc) is 2.42. The summed E-state index contributed by atoms with van der Waals surface area (Å²) < 4.78 is 1.84. The molecule has 0 aliphatic heterocycles. The Bertz CT molecular complexity index is 673. The zero-order chi connectivity index (χ0) is 14.7. The summed E-state index contributed by atoms with van der Waals surface area (Å²) in [5.41, 5.74) is 5.19. The van der Waals surface area contributed by atoms with Gasteiger partial charge >= 0.3 is 0 Å². The third-order valence-electron chi connectivity index (χ3n) is 3.50. The van der Waals surface area contributed by atoms with E-state index in [0.717, 1.165) is 17.7 Å². The smallest absolute Gasteiger partial charge is 0.255 e. The molecule has 0 bridgehead atoms. The number of aromatic nitrogens is 1. The van der Waals surface area contributed by atoms with Gasteiger partial charge in [-0.2, -0.15) is 0 Å². The molecule has 2 rings (SSSR count). The molecule has 0 aliphatic carbocycles. The highest BCUT2D eigenvalue weighted by Crippen LogP contribution is 2.24. The van der Waals surface area contributed by atoms with Gasteiger partial charge in [-0.15, -0.1) is 11.6 Å². The molecule has 0 spiro atoms. The molecule has 1 heterocycles. The second kappa shape index (κ2) is 6.27. The van der Waals surface area contributed by atoms with Gasteiger partial charge < -0.3 is 4.57 Å². The number of rotatable bonds is 4. The van der Waals surface area contributed by atoms with Crippen LogP contribution in [-0.4, -0.2) is 4.57 Å². The van der Waals surface area contributed by atoms with E-state index in [1.54, 1.807) is 0 Å². The van der Waals surface area contributed by atoms with E-state index in [9.17, 15) is 4.79 Å². The fourth-order valence-electron chi connectivity index (χ4n) is 2.51. The monoisotopic (exact) mass is 289 g/mol. The lowest BCUT2D eigenvalue weighted by molar-refractivity contribution is 0.656. The zero-order valence-corrected chi connectivity index (χ0v) is 13.0. The Morgan fingerprint density at radius 2 is 1.90 bits per heavy atom. The average molecular weight is 290 g/mol. The molecule has 2 aromatic rings. The quantitative estimate of drug-likeness (QED) is 0.770. The van der Waals surface area contributed by atoms with Crippen LogP contribution < -0.4 is 5.56 Å². The summed E-state index contributed by atoms with van der Waals surface area (Å²) in [6.07, 6.45) is 0.920. The Labute approximate surface area is 125 Å². The van der Waals surface area contributed by atoms with Crippen LogP contribution in [0.1, 0.15) is 30.0 Å². The summed E-state index contributed by atoms with van der Waals surface area (Å²) in [4.78, 5) is 12.4. The molecule has 0 saturated heterocycles. The summed E-state index contributed by atoms with van der Waals surface area (Å²) in [6.45, 7) is 6.95. The van der Waals surface area contributed by atoms with Crippen LogP contribution in [0.2, 0.25) is 0 Å². The van der Waals surface area contributed by atoms with E-state index in [4.69, 9.17) is 11.6 Å². The lowest BCUT2D eigenvalue weighted by Crippen LogP contribution is -2.24. The first-order chi connectivity index (χ1) is 9.58. The summed E-state index contributed by atoms with van der Waals surface area (Å²) in [5, 5.41) is 0. The minimum Gasteiger partial charge on any atom is -0.308 e. The predicted molar refractivity (Wildman–Crippen MR) is 85.5 cm³/mol. The van der Waals surface area contributed by atoms with E-state index in [-0.39, 0.29) is 11.4 Å². The van der Waals surface area contributed by atoms with Gasteiger partial charge in [0.2, 0.25) is 0 Å². The van der Waals surface area contributed by atoms with Crippen molar-refractivity contribution in [2.45, 2.75) is 39.6 Å². The molecule has 2 nitrogen and oxygen atoms in total. The summed E-state index contributed by atoms with van der Waals surface area (Å²) >= 11 is 5.84. The van der Waals surface area contributed by atoms with Crippen molar-refractivity contribution in [1.29, 1.82) is 0 Å². The van der Waals surface area contributed by atoms with Crippen LogP contribution in [-0.2, 0) is 12.4 Å². The van der Waals surface area contributed by atoms with Crippen LogP contribution in [0.3, 0.4) is 0 Å². The predicted octanol–water partition coefficient (Wildman–Crippen LogP) is 4.28. The van der Waals surface area contributed by atoms with Gasteiger partial charge in [0.25, 0.3) is 5.56 Å². The van der Waals surface area contributed by atoms with Gasteiger partial charge in [-0.1, -0.05) is 36.8 Å². The van der Waals surface area contributed by atoms with Crippen molar-refractivity contribution in [3.8, 4) is 11.3 Å². The second-order valence-electron chi connectivity index (χ2n) is 5.15. The first-order valence-electron chi connectivity index (χ1n) is 6.94. The van der Waals surface area contributed by atoms with Crippen molar-refractivity contribution in [2.24, 2.45) is 0 Å². The highest BCUT2D eigenvalue weighted by Gasteiger charge is 2.11. The van der Waals surface area contributed by atoms with E-state index in [0.29, 0.717) is 12.1 Å². The van der Waals surface area contributed by atoms with Gasteiger partial charge in [0, 0.05) is 17.7 Å². The van der Waals surface area contributed by atoms with Crippen LogP contribution in [0.15, 0.2) is 35.1 Å². The molecule has 1 aromatic carbocycles. The van der Waals surface area contributed by atoms with Crippen molar-refractivity contribution in [1.82, 2.24) is 4.57 Å².